The molecule has 1 heterocycles. The maximum absolute atomic E-state index is 9.01. The maximum Gasteiger partial charge on any atom is 0.0981 e. The van der Waals surface area contributed by atoms with Gasteiger partial charge in [0.1, 0.15) is 0 Å². The number of aliphatic hydroxyl groups is 1. The molecule has 0 amide bonds. The Labute approximate surface area is 118 Å². The topological polar surface area (TPSA) is 45.1 Å². The molecular weight excluding hydrogens is 264 g/mol. The van der Waals surface area contributed by atoms with Gasteiger partial charge in [-0.1, -0.05) is 20.8 Å². The largest absolute Gasteiger partial charge is 0.396 e. The second-order valence-corrected chi connectivity index (χ2v) is 7.45. The van der Waals surface area contributed by atoms with E-state index in [1.807, 2.05) is 18.0 Å². The highest BCUT2D eigenvalue weighted by Crippen LogP contribution is 2.26. The van der Waals surface area contributed by atoms with Crippen molar-refractivity contribution in [3.8, 4) is 0 Å². The van der Waals surface area contributed by atoms with Crippen molar-refractivity contribution < 1.29 is 5.11 Å². The molecule has 104 valence electrons. The minimum absolute atomic E-state index is 0.132. The summed E-state index contributed by atoms with van der Waals surface area (Å²) in [7, 11) is 0. The van der Waals surface area contributed by atoms with Gasteiger partial charge in [-0.2, -0.15) is 11.8 Å². The fourth-order valence-electron chi connectivity index (χ4n) is 1.58. The number of aromatic nitrogens is 1. The zero-order valence-corrected chi connectivity index (χ0v) is 13.3. The highest BCUT2D eigenvalue weighted by molar-refractivity contribution is 7.98. The molecule has 0 aliphatic heterocycles. The molecule has 1 unspecified atom stereocenters. The van der Waals surface area contributed by atoms with Crippen LogP contribution in [-0.2, 0) is 12.0 Å². The van der Waals surface area contributed by atoms with Gasteiger partial charge in [-0.05, 0) is 12.7 Å². The molecule has 0 radical (unpaired) electrons. The molecule has 1 aromatic rings. The molecule has 0 bridgehead atoms. The van der Waals surface area contributed by atoms with Gasteiger partial charge in [0.05, 0.1) is 5.01 Å². The van der Waals surface area contributed by atoms with Gasteiger partial charge < -0.3 is 10.4 Å². The first-order valence-electron chi connectivity index (χ1n) is 6.25. The number of nitrogens with zero attached hydrogens (tertiary/aromatic N) is 1. The second-order valence-electron chi connectivity index (χ2n) is 5.43. The standard InChI is InChI=1S/C13H24N2OS2/c1-13(2,3)12-15-8-11(18-12)7-14-10(5-6-16)9-17-4/h8,10,14,16H,5-7,9H2,1-4H3. The van der Waals surface area contributed by atoms with Crippen LogP contribution in [0.2, 0.25) is 0 Å². The minimum atomic E-state index is 0.132. The summed E-state index contributed by atoms with van der Waals surface area (Å²) in [6, 6.07) is 0.380. The SMILES string of the molecule is CSCC(CCO)NCc1cnc(C(C)(C)C)s1. The number of thiazole rings is 1. The van der Waals surface area contributed by atoms with E-state index in [0.717, 1.165) is 18.7 Å². The van der Waals surface area contributed by atoms with Crippen LogP contribution in [0.15, 0.2) is 6.20 Å². The first-order chi connectivity index (χ1) is 8.47. The monoisotopic (exact) mass is 288 g/mol. The molecule has 1 atom stereocenters. The predicted molar refractivity (Wildman–Crippen MR) is 81.5 cm³/mol. The molecule has 0 saturated heterocycles. The maximum atomic E-state index is 9.01. The van der Waals surface area contributed by atoms with Gasteiger partial charge >= 0.3 is 0 Å². The molecule has 18 heavy (non-hydrogen) atoms. The molecule has 0 aromatic carbocycles. The van der Waals surface area contributed by atoms with Crippen LogP contribution in [0.4, 0.5) is 0 Å². The first-order valence-corrected chi connectivity index (χ1v) is 8.46. The molecule has 0 saturated carbocycles. The van der Waals surface area contributed by atoms with Crippen molar-refractivity contribution in [1.29, 1.82) is 0 Å². The Balaban J connectivity index is 2.49. The molecule has 2 N–H and O–H groups in total. The lowest BCUT2D eigenvalue weighted by molar-refractivity contribution is 0.270. The van der Waals surface area contributed by atoms with Gasteiger partial charge in [-0.3, -0.25) is 0 Å². The van der Waals surface area contributed by atoms with Crippen molar-refractivity contribution in [3.05, 3.63) is 16.1 Å². The molecule has 1 rings (SSSR count). The van der Waals surface area contributed by atoms with Crippen LogP contribution in [0.5, 0.6) is 0 Å². The van der Waals surface area contributed by atoms with Crippen LogP contribution in [0.3, 0.4) is 0 Å². The zero-order valence-electron chi connectivity index (χ0n) is 11.7. The summed E-state index contributed by atoms with van der Waals surface area (Å²) in [5.41, 5.74) is 0.132. The van der Waals surface area contributed by atoms with Crippen molar-refractivity contribution in [2.45, 2.75) is 45.2 Å². The Bertz CT molecular complexity index is 341. The molecule has 3 nitrogen and oxygen atoms in total. The predicted octanol–water partition coefficient (Wildman–Crippen LogP) is 2.64. The molecule has 5 heteroatoms. The van der Waals surface area contributed by atoms with E-state index < -0.39 is 0 Å². The molecule has 1 aromatic heterocycles. The number of thioether (sulfide) groups is 1. The van der Waals surface area contributed by atoms with Gasteiger partial charge in [0, 0.05) is 41.4 Å². The summed E-state index contributed by atoms with van der Waals surface area (Å²) in [4.78, 5) is 5.75. The number of hydrogen-bond donors (Lipinski definition) is 2. The lowest BCUT2D eigenvalue weighted by Gasteiger charge is -2.16. The second kappa shape index (κ2) is 7.48. The number of rotatable bonds is 7. The van der Waals surface area contributed by atoms with Crippen LogP contribution in [-0.4, -0.2) is 34.7 Å². The normalized spacial score (nSPS) is 13.8. The third kappa shape index (κ3) is 5.26. The quantitative estimate of drug-likeness (QED) is 0.809. The summed E-state index contributed by atoms with van der Waals surface area (Å²) in [6.07, 6.45) is 4.87. The highest BCUT2D eigenvalue weighted by atomic mass is 32.2. The summed E-state index contributed by atoms with van der Waals surface area (Å²) >= 11 is 3.58. The summed E-state index contributed by atoms with van der Waals surface area (Å²) in [6.45, 7) is 7.65. The van der Waals surface area contributed by atoms with Gasteiger partial charge in [0.15, 0.2) is 0 Å². The Hall–Kier alpha value is -0.100. The van der Waals surface area contributed by atoms with Crippen LogP contribution >= 0.6 is 23.1 Å². The Morgan fingerprint density at radius 3 is 2.72 bits per heavy atom. The first kappa shape index (κ1) is 16.0. The van der Waals surface area contributed by atoms with E-state index in [-0.39, 0.29) is 12.0 Å². The van der Waals surface area contributed by atoms with Gasteiger partial charge in [0.25, 0.3) is 0 Å². The summed E-state index contributed by atoms with van der Waals surface area (Å²) < 4.78 is 0. The summed E-state index contributed by atoms with van der Waals surface area (Å²) in [5, 5.41) is 13.7. The third-order valence-corrected chi connectivity index (χ3v) is 4.76. The molecule has 0 aliphatic rings. The average Bonchev–Trinajstić information content (AvgIpc) is 2.75. The van der Waals surface area contributed by atoms with Gasteiger partial charge in [-0.15, -0.1) is 11.3 Å². The highest BCUT2D eigenvalue weighted by Gasteiger charge is 2.18. The molecule has 0 fully saturated rings. The van der Waals surface area contributed by atoms with E-state index in [1.54, 1.807) is 11.3 Å². The zero-order chi connectivity index (χ0) is 13.6. The van der Waals surface area contributed by atoms with E-state index in [9.17, 15) is 0 Å². The fourth-order valence-corrected chi connectivity index (χ4v) is 3.19. The Morgan fingerprint density at radius 2 is 2.22 bits per heavy atom. The van der Waals surface area contributed by atoms with Crippen molar-refractivity contribution >= 4 is 23.1 Å². The molecular formula is C13H24N2OS2. The number of hydrogen-bond acceptors (Lipinski definition) is 5. The lowest BCUT2D eigenvalue weighted by Crippen LogP contribution is -2.31. The number of nitrogens with one attached hydrogen (secondary N) is 1. The Morgan fingerprint density at radius 1 is 1.50 bits per heavy atom. The van der Waals surface area contributed by atoms with E-state index in [4.69, 9.17) is 5.11 Å². The van der Waals surface area contributed by atoms with Crippen molar-refractivity contribution in [3.63, 3.8) is 0 Å². The van der Waals surface area contributed by atoms with Crippen molar-refractivity contribution in [2.24, 2.45) is 0 Å². The van der Waals surface area contributed by atoms with Crippen molar-refractivity contribution in [2.75, 3.05) is 18.6 Å². The van der Waals surface area contributed by atoms with Crippen LogP contribution in [0.1, 0.15) is 37.1 Å². The van der Waals surface area contributed by atoms with Crippen molar-refractivity contribution in [1.82, 2.24) is 10.3 Å². The molecule has 0 spiro atoms. The number of aliphatic hydroxyl groups excluding tert-OH is 1. The van der Waals surface area contributed by atoms with Gasteiger partial charge in [0.2, 0.25) is 0 Å². The Kier molecular flexibility index (Phi) is 6.63. The van der Waals surface area contributed by atoms with E-state index in [1.165, 1.54) is 9.88 Å². The average molecular weight is 288 g/mol. The van der Waals surface area contributed by atoms with Crippen LogP contribution in [0, 0.1) is 0 Å². The van der Waals surface area contributed by atoms with Gasteiger partial charge in [-0.25, -0.2) is 4.98 Å². The smallest absolute Gasteiger partial charge is 0.0981 e. The van der Waals surface area contributed by atoms with E-state index >= 15 is 0 Å². The van der Waals surface area contributed by atoms with Crippen LogP contribution in [0.25, 0.3) is 0 Å². The van der Waals surface area contributed by atoms with E-state index in [0.29, 0.717) is 6.04 Å². The lowest BCUT2D eigenvalue weighted by atomic mass is 9.98. The summed E-state index contributed by atoms with van der Waals surface area (Å²) in [5.74, 6) is 1.03. The minimum Gasteiger partial charge on any atom is -0.396 e. The third-order valence-electron chi connectivity index (χ3n) is 2.61. The van der Waals surface area contributed by atoms with Crippen LogP contribution < -0.4 is 5.32 Å². The van der Waals surface area contributed by atoms with E-state index in [2.05, 4.69) is 37.3 Å². The fraction of sp³-hybridized carbons (Fsp3) is 0.769. The molecule has 0 aliphatic carbocycles.